The number of likely N-dealkylation sites (tertiary alicyclic amines) is 1. The lowest BCUT2D eigenvalue weighted by molar-refractivity contribution is -0.174. The number of nitriles is 1. The maximum absolute atomic E-state index is 11.9. The van der Waals surface area contributed by atoms with Crippen LogP contribution in [0.1, 0.15) is 65.9 Å². The normalized spacial score (nSPS) is 18.4. The Labute approximate surface area is 239 Å². The Morgan fingerprint density at radius 2 is 1.78 bits per heavy atom. The van der Waals surface area contributed by atoms with E-state index in [4.69, 9.17) is 11.7 Å². The van der Waals surface area contributed by atoms with E-state index in [1.807, 2.05) is 19.9 Å². The summed E-state index contributed by atoms with van der Waals surface area (Å²) in [4.78, 5) is 38.2. The molecule has 2 aromatic heterocycles. The molecular formula is C29H39F3N6O3. The lowest BCUT2D eigenvalue weighted by Gasteiger charge is -2.22. The minimum atomic E-state index is -4.94. The van der Waals surface area contributed by atoms with Crippen LogP contribution in [0.15, 0.2) is 24.4 Å². The Kier molecular flexibility index (Phi) is 12.9. The van der Waals surface area contributed by atoms with Crippen molar-refractivity contribution in [2.75, 3.05) is 19.6 Å². The van der Waals surface area contributed by atoms with E-state index in [1.165, 1.54) is 11.1 Å². The quantitative estimate of drug-likeness (QED) is 0.411. The molecule has 4 rings (SSSR count). The second-order valence-corrected chi connectivity index (χ2v) is 10.5. The Morgan fingerprint density at radius 3 is 2.24 bits per heavy atom. The Hall–Kier alpha value is -4.06. The number of hydrogen-bond acceptors (Lipinski definition) is 5. The van der Waals surface area contributed by atoms with Crippen LogP contribution in [0.25, 0.3) is 5.65 Å². The first-order valence-electron chi connectivity index (χ1n) is 13.3. The zero-order chi connectivity index (χ0) is 31.5. The van der Waals surface area contributed by atoms with Crippen LogP contribution >= 0.6 is 0 Å². The second kappa shape index (κ2) is 15.1. The van der Waals surface area contributed by atoms with Gasteiger partial charge in [0, 0.05) is 13.1 Å². The topological polar surface area (TPSA) is 120 Å². The molecule has 0 radical (unpaired) electrons. The lowest BCUT2D eigenvalue weighted by atomic mass is 10.1. The van der Waals surface area contributed by atoms with Gasteiger partial charge in [0.05, 0.1) is 30.2 Å². The Balaban J connectivity index is 0.000000345. The summed E-state index contributed by atoms with van der Waals surface area (Å²) in [5, 5.41) is 13.0. The zero-order valence-corrected chi connectivity index (χ0v) is 24.5. The van der Waals surface area contributed by atoms with Crippen molar-refractivity contribution in [3.63, 3.8) is 0 Å². The molecule has 2 aliphatic rings. The molecule has 1 aliphatic carbocycles. The van der Waals surface area contributed by atoms with Gasteiger partial charge in [-0.1, -0.05) is 60.5 Å². The smallest absolute Gasteiger partial charge is 0.341 e. The van der Waals surface area contributed by atoms with Gasteiger partial charge in [0.15, 0.2) is 6.04 Å². The third kappa shape index (κ3) is 9.24. The summed E-state index contributed by atoms with van der Waals surface area (Å²) in [6.45, 7) is 15.3. The first kappa shape index (κ1) is 35.0. The van der Waals surface area contributed by atoms with Crippen LogP contribution in [-0.4, -0.2) is 58.3 Å². The van der Waals surface area contributed by atoms with Crippen LogP contribution in [0.5, 0.6) is 0 Å². The van der Waals surface area contributed by atoms with E-state index < -0.39 is 30.6 Å². The van der Waals surface area contributed by atoms with E-state index in [0.29, 0.717) is 48.4 Å². The van der Waals surface area contributed by atoms with E-state index in [-0.39, 0.29) is 5.41 Å². The summed E-state index contributed by atoms with van der Waals surface area (Å²) >= 11 is 0. The summed E-state index contributed by atoms with van der Waals surface area (Å²) in [5.41, 5.74) is 2.01. The minimum absolute atomic E-state index is 0.242. The van der Waals surface area contributed by atoms with Crippen molar-refractivity contribution >= 4 is 23.9 Å². The number of carbonyl (C=O) groups excluding carboxylic acids is 3. The molecule has 0 aromatic carbocycles. The van der Waals surface area contributed by atoms with Crippen molar-refractivity contribution in [1.82, 2.24) is 24.9 Å². The fourth-order valence-electron chi connectivity index (χ4n) is 4.34. The molecule has 41 heavy (non-hydrogen) atoms. The predicted molar refractivity (Wildman–Crippen MR) is 149 cm³/mol. The fraction of sp³-hybridized carbons (Fsp3) is 0.552. The number of terminal acetylenes is 1. The van der Waals surface area contributed by atoms with E-state index in [2.05, 4.69) is 50.8 Å². The molecule has 3 atom stereocenters. The first-order valence-corrected chi connectivity index (χ1v) is 13.3. The summed E-state index contributed by atoms with van der Waals surface area (Å²) in [5.74, 6) is 1.72. The molecule has 1 aliphatic heterocycles. The predicted octanol–water partition coefficient (Wildman–Crippen LogP) is 4.09. The molecule has 224 valence electrons. The molecule has 2 fully saturated rings. The average Bonchev–Trinajstić information content (AvgIpc) is 3.34. The monoisotopic (exact) mass is 576 g/mol. The zero-order valence-electron chi connectivity index (χ0n) is 24.5. The number of piperidine rings is 1. The van der Waals surface area contributed by atoms with Crippen LogP contribution in [-0.2, 0) is 14.4 Å². The van der Waals surface area contributed by atoms with Crippen LogP contribution in [0.3, 0.4) is 0 Å². The summed E-state index contributed by atoms with van der Waals surface area (Å²) < 4.78 is 37.4. The number of halogens is 3. The molecule has 9 nitrogen and oxygen atoms in total. The highest BCUT2D eigenvalue weighted by molar-refractivity contribution is 5.87. The fourth-order valence-corrected chi connectivity index (χ4v) is 4.34. The number of aromatic nitrogens is 2. The number of nitrogens with zero attached hydrogens (tertiary/aromatic N) is 4. The van der Waals surface area contributed by atoms with Crippen molar-refractivity contribution in [3.8, 4) is 18.4 Å². The van der Waals surface area contributed by atoms with Crippen molar-refractivity contribution in [1.29, 1.82) is 5.26 Å². The number of hydrogen-bond donors (Lipinski definition) is 2. The van der Waals surface area contributed by atoms with Gasteiger partial charge < -0.3 is 15.5 Å². The van der Waals surface area contributed by atoms with Gasteiger partial charge in [-0.3, -0.25) is 18.8 Å². The molecule has 0 spiro atoms. The maximum atomic E-state index is 11.9. The van der Waals surface area contributed by atoms with E-state index in [9.17, 15) is 27.6 Å². The molecule has 1 saturated carbocycles. The van der Waals surface area contributed by atoms with Crippen LogP contribution in [0.4, 0.5) is 13.2 Å². The van der Waals surface area contributed by atoms with Crippen LogP contribution in [0, 0.1) is 46.8 Å². The van der Waals surface area contributed by atoms with Crippen molar-refractivity contribution < 1.29 is 27.6 Å². The van der Waals surface area contributed by atoms with Gasteiger partial charge in [0.25, 0.3) is 0 Å². The molecule has 12 heteroatoms. The highest BCUT2D eigenvalue weighted by atomic mass is 19.4. The van der Waals surface area contributed by atoms with Gasteiger partial charge in [0.1, 0.15) is 5.65 Å². The number of pyridine rings is 1. The maximum Gasteiger partial charge on any atom is 0.471 e. The summed E-state index contributed by atoms with van der Waals surface area (Å²) in [7, 11) is 0. The first-order chi connectivity index (χ1) is 19.2. The minimum Gasteiger partial charge on any atom is -0.341 e. The van der Waals surface area contributed by atoms with E-state index >= 15 is 0 Å². The summed E-state index contributed by atoms with van der Waals surface area (Å²) in [6.07, 6.45) is 2.46. The molecule has 1 saturated heterocycles. The van der Waals surface area contributed by atoms with Gasteiger partial charge in [-0.2, -0.15) is 18.4 Å². The Morgan fingerprint density at radius 1 is 1.22 bits per heavy atom. The Bertz CT molecular complexity index is 1260. The molecule has 0 bridgehead atoms. The number of fused-ring (bicyclic) bond motifs is 2. The third-order valence-corrected chi connectivity index (χ3v) is 6.50. The van der Waals surface area contributed by atoms with Crippen molar-refractivity contribution in [2.45, 2.75) is 60.7 Å². The highest BCUT2D eigenvalue weighted by Gasteiger charge is 2.62. The highest BCUT2D eigenvalue weighted by Crippen LogP contribution is 2.61. The van der Waals surface area contributed by atoms with Crippen LogP contribution in [0.2, 0.25) is 0 Å². The second-order valence-electron chi connectivity index (χ2n) is 10.5. The van der Waals surface area contributed by atoms with E-state index in [0.717, 1.165) is 5.92 Å². The average molecular weight is 577 g/mol. The number of imidazole rings is 1. The molecule has 3 amide bonds. The van der Waals surface area contributed by atoms with Gasteiger partial charge >= 0.3 is 12.1 Å². The van der Waals surface area contributed by atoms with Gasteiger partial charge in [0.2, 0.25) is 12.3 Å². The standard InChI is InChI=1S/C12H8N4O.C11H15F3N2O2.C4H10.C2H6/c1-2-9-4-3-5-12-14-7-11(16(9)12)10(6-13)15-8-17;1-10(2)6-4-16(5-7(6)10)8(17)3-15-9(18)11(12,13)14;1-4(2)3;1-2/h1,3-5,7-8,10H,(H,15,17);6-7H,3-5H2,1-2H3,(H,15,18);4H,1-3H3;1-2H3/t;6-,7?;;/m.1../s1. The molecule has 3 heterocycles. The van der Waals surface area contributed by atoms with Crippen molar-refractivity contribution in [2.24, 2.45) is 23.2 Å². The van der Waals surface area contributed by atoms with Gasteiger partial charge in [-0.15, -0.1) is 6.42 Å². The lowest BCUT2D eigenvalue weighted by Crippen LogP contribution is -2.44. The van der Waals surface area contributed by atoms with Gasteiger partial charge in [-0.05, 0) is 35.3 Å². The number of amides is 3. The number of alkyl halides is 3. The molecular weight excluding hydrogens is 537 g/mol. The largest absolute Gasteiger partial charge is 0.471 e. The SMILES string of the molecule is C#Cc1cccc2ncc(C(C#N)NC=O)n12.CC.CC(C)C.CC1(C)C2CN(C(=O)CNC(=O)C(F)(F)F)C[C@H]21. The van der Waals surface area contributed by atoms with Gasteiger partial charge in [-0.25, -0.2) is 4.98 Å². The van der Waals surface area contributed by atoms with Crippen LogP contribution < -0.4 is 10.6 Å². The van der Waals surface area contributed by atoms with Crippen molar-refractivity contribution in [3.05, 3.63) is 35.8 Å². The number of rotatable bonds is 5. The molecule has 2 unspecified atom stereocenters. The molecule has 2 aromatic rings. The number of nitrogens with one attached hydrogen (secondary N) is 2. The third-order valence-electron chi connectivity index (χ3n) is 6.50. The van der Waals surface area contributed by atoms with E-state index in [1.54, 1.807) is 27.9 Å². The number of carbonyl (C=O) groups is 3. The summed E-state index contributed by atoms with van der Waals surface area (Å²) in [6, 6.07) is 6.52. The molecule has 2 N–H and O–H groups in total.